The molecule has 1 aliphatic heterocycles. The lowest BCUT2D eigenvalue weighted by atomic mass is 9.97. The second-order valence-corrected chi connectivity index (χ2v) is 8.84. The van der Waals surface area contributed by atoms with Crippen LogP contribution in [0.5, 0.6) is 5.75 Å². The normalized spacial score (nSPS) is 15.6. The highest BCUT2D eigenvalue weighted by Crippen LogP contribution is 2.40. The average molecular weight is 481 g/mol. The van der Waals surface area contributed by atoms with E-state index in [0.717, 1.165) is 0 Å². The Balaban J connectivity index is 1.79. The molecule has 0 saturated carbocycles. The molecule has 1 unspecified atom stereocenters. The minimum Gasteiger partial charge on any atom is -0.490 e. The van der Waals surface area contributed by atoms with Gasteiger partial charge in [0.2, 0.25) is 0 Å². The number of esters is 1. The summed E-state index contributed by atoms with van der Waals surface area (Å²) in [6, 6.07) is 10.1. The fraction of sp³-hybridized carbons (Fsp3) is 0.158. The molecule has 0 bridgehead atoms. The number of benzene rings is 2. The van der Waals surface area contributed by atoms with E-state index in [1.807, 2.05) is 0 Å². The Kier molecular flexibility index (Phi) is 4.91. The molecule has 7 nitrogen and oxygen atoms in total. The molecule has 1 aromatic heterocycles. The number of methoxy groups -OCH3 is 1. The Morgan fingerprint density at radius 1 is 1.31 bits per heavy atom. The molecule has 0 fully saturated rings. The number of carbonyl (C=O) groups excluding carboxylic acids is 1. The Labute approximate surface area is 174 Å². The number of carbonyl (C=O) groups is 1. The van der Waals surface area contributed by atoms with Crippen molar-refractivity contribution in [2.45, 2.75) is 10.8 Å². The summed E-state index contributed by atoms with van der Waals surface area (Å²) in [5, 5.41) is 0.561. The number of halogens is 2. The number of pyridine rings is 1. The van der Waals surface area contributed by atoms with Crippen LogP contribution < -0.4 is 9.26 Å². The van der Waals surface area contributed by atoms with Crippen LogP contribution >= 0.6 is 15.9 Å². The maximum Gasteiger partial charge on any atom is 0.316 e. The predicted octanol–water partition coefficient (Wildman–Crippen LogP) is 3.73. The lowest BCUT2D eigenvalue weighted by Gasteiger charge is -2.16. The fourth-order valence-corrected chi connectivity index (χ4v) is 5.26. The van der Waals surface area contributed by atoms with Crippen LogP contribution in [0.15, 0.2) is 58.0 Å². The highest BCUT2D eigenvalue weighted by atomic mass is 79.9. The summed E-state index contributed by atoms with van der Waals surface area (Å²) in [5.41, 5.74) is 0.701. The SMILES string of the molecule is COC(=O)C1COc2cnc3cc(N(F)S(=O)(=O)c4ccccc4Br)ccc3c21. The number of fused-ring (bicyclic) bond motifs is 3. The number of rotatable bonds is 4. The van der Waals surface area contributed by atoms with Gasteiger partial charge in [0, 0.05) is 15.4 Å². The molecule has 0 aliphatic carbocycles. The van der Waals surface area contributed by atoms with Crippen molar-refractivity contribution >= 4 is 48.5 Å². The number of anilines is 1. The zero-order chi connectivity index (χ0) is 20.8. The van der Waals surface area contributed by atoms with Gasteiger partial charge in [-0.15, -0.1) is 0 Å². The van der Waals surface area contributed by atoms with Gasteiger partial charge in [-0.05, 0) is 40.2 Å². The van der Waals surface area contributed by atoms with Crippen molar-refractivity contribution in [3.63, 3.8) is 0 Å². The Bertz CT molecular complexity index is 1230. The first-order chi connectivity index (χ1) is 13.8. The molecule has 0 amide bonds. The molecule has 0 spiro atoms. The molecule has 4 rings (SSSR count). The van der Waals surface area contributed by atoms with Gasteiger partial charge in [-0.25, -0.2) is 0 Å². The minimum atomic E-state index is -4.44. The Morgan fingerprint density at radius 3 is 2.79 bits per heavy atom. The second-order valence-electron chi connectivity index (χ2n) is 6.27. The van der Waals surface area contributed by atoms with Crippen LogP contribution in [-0.4, -0.2) is 33.1 Å². The van der Waals surface area contributed by atoms with E-state index in [4.69, 9.17) is 9.47 Å². The van der Waals surface area contributed by atoms with Gasteiger partial charge in [0.05, 0.1) is 24.5 Å². The van der Waals surface area contributed by atoms with Crippen LogP contribution in [0.25, 0.3) is 10.9 Å². The summed E-state index contributed by atoms with van der Waals surface area (Å²) >= 11 is 3.13. The van der Waals surface area contributed by atoms with E-state index in [0.29, 0.717) is 22.2 Å². The molecule has 1 atom stereocenters. The summed E-state index contributed by atoms with van der Waals surface area (Å²) in [5.74, 6) is -0.639. The van der Waals surface area contributed by atoms with E-state index >= 15 is 0 Å². The number of ether oxygens (including phenoxy) is 2. The van der Waals surface area contributed by atoms with Gasteiger partial charge in [0.1, 0.15) is 23.2 Å². The maximum absolute atomic E-state index is 14.9. The molecular formula is C19H14BrFN2O5S. The Morgan fingerprint density at radius 2 is 2.07 bits per heavy atom. The number of hydrogen-bond donors (Lipinski definition) is 0. The summed E-state index contributed by atoms with van der Waals surface area (Å²) in [4.78, 5) is 16.0. The standard InChI is InChI=1S/C19H14BrFN2O5S/c1-27-19(24)13-10-28-16-9-22-15-8-11(6-7-12(15)18(13)16)23(21)29(25,26)17-5-3-2-4-14(17)20/h2-9,13H,10H2,1H3. The monoisotopic (exact) mass is 480 g/mol. The highest BCUT2D eigenvalue weighted by Gasteiger charge is 2.34. The van der Waals surface area contributed by atoms with Gasteiger partial charge in [-0.3, -0.25) is 9.78 Å². The van der Waals surface area contributed by atoms with Gasteiger partial charge in [0.25, 0.3) is 10.0 Å². The molecule has 0 radical (unpaired) electrons. The third kappa shape index (κ3) is 3.22. The first kappa shape index (κ1) is 19.6. The van der Waals surface area contributed by atoms with Crippen molar-refractivity contribution in [3.05, 3.63) is 58.7 Å². The topological polar surface area (TPSA) is 85.8 Å². The fourth-order valence-electron chi connectivity index (χ4n) is 3.23. The van der Waals surface area contributed by atoms with Gasteiger partial charge < -0.3 is 9.47 Å². The maximum atomic E-state index is 14.9. The lowest BCUT2D eigenvalue weighted by molar-refractivity contribution is -0.142. The molecule has 3 aromatic rings. The van der Waals surface area contributed by atoms with E-state index in [-0.39, 0.29) is 26.2 Å². The summed E-state index contributed by atoms with van der Waals surface area (Å²) in [6.07, 6.45) is 1.43. The third-order valence-electron chi connectivity index (χ3n) is 4.63. The lowest BCUT2D eigenvalue weighted by Crippen LogP contribution is -2.23. The molecule has 2 aromatic carbocycles. The summed E-state index contributed by atoms with van der Waals surface area (Å²) in [7, 11) is -3.15. The Hall–Kier alpha value is -2.72. The van der Waals surface area contributed by atoms with Crippen molar-refractivity contribution in [1.29, 1.82) is 0 Å². The van der Waals surface area contributed by atoms with Crippen LogP contribution in [-0.2, 0) is 19.6 Å². The number of sulfonamides is 1. The largest absolute Gasteiger partial charge is 0.490 e. The van der Waals surface area contributed by atoms with E-state index in [2.05, 4.69) is 20.9 Å². The molecule has 10 heteroatoms. The van der Waals surface area contributed by atoms with Gasteiger partial charge in [0.15, 0.2) is 0 Å². The molecule has 2 heterocycles. The molecule has 0 N–H and O–H groups in total. The quantitative estimate of drug-likeness (QED) is 0.417. The van der Waals surface area contributed by atoms with E-state index in [9.17, 15) is 17.7 Å². The van der Waals surface area contributed by atoms with Crippen molar-refractivity contribution in [2.75, 3.05) is 18.2 Å². The minimum absolute atomic E-state index is 0.121. The van der Waals surface area contributed by atoms with Crippen molar-refractivity contribution in [3.8, 4) is 5.75 Å². The van der Waals surface area contributed by atoms with Crippen LogP contribution in [0.2, 0.25) is 0 Å². The van der Waals surface area contributed by atoms with Crippen molar-refractivity contribution in [1.82, 2.24) is 4.98 Å². The van der Waals surface area contributed by atoms with Crippen molar-refractivity contribution < 1.29 is 27.2 Å². The first-order valence-corrected chi connectivity index (χ1v) is 10.7. The number of nitrogens with zero attached hydrogens (tertiary/aromatic N) is 2. The van der Waals surface area contributed by atoms with E-state index in [1.54, 1.807) is 6.07 Å². The van der Waals surface area contributed by atoms with Crippen LogP contribution in [0.4, 0.5) is 10.2 Å². The smallest absolute Gasteiger partial charge is 0.316 e. The highest BCUT2D eigenvalue weighted by molar-refractivity contribution is 9.10. The van der Waals surface area contributed by atoms with Gasteiger partial charge >= 0.3 is 5.97 Å². The molecule has 0 saturated heterocycles. The zero-order valence-electron chi connectivity index (χ0n) is 15.0. The average Bonchev–Trinajstić information content (AvgIpc) is 3.17. The zero-order valence-corrected chi connectivity index (χ0v) is 17.4. The third-order valence-corrected chi connectivity index (χ3v) is 7.12. The van der Waals surface area contributed by atoms with Crippen molar-refractivity contribution in [2.24, 2.45) is 0 Å². The van der Waals surface area contributed by atoms with Crippen LogP contribution in [0, 0.1) is 0 Å². The predicted molar refractivity (Wildman–Crippen MR) is 107 cm³/mol. The molecule has 29 heavy (non-hydrogen) atoms. The molecule has 150 valence electrons. The second kappa shape index (κ2) is 7.27. The number of hydrogen-bond acceptors (Lipinski definition) is 6. The van der Waals surface area contributed by atoms with Gasteiger partial charge in [-0.2, -0.15) is 8.42 Å². The van der Waals surface area contributed by atoms with Crippen LogP contribution in [0.1, 0.15) is 11.5 Å². The van der Waals surface area contributed by atoms with E-state index in [1.165, 1.54) is 49.7 Å². The first-order valence-electron chi connectivity index (χ1n) is 8.43. The van der Waals surface area contributed by atoms with E-state index < -0.39 is 21.9 Å². The number of aromatic nitrogens is 1. The molecular weight excluding hydrogens is 467 g/mol. The summed E-state index contributed by atoms with van der Waals surface area (Å²) in [6.45, 7) is 0.121. The van der Waals surface area contributed by atoms with Gasteiger partial charge in [-0.1, -0.05) is 27.2 Å². The summed E-state index contributed by atoms with van der Waals surface area (Å²) < 4.78 is 50.6. The molecule has 1 aliphatic rings. The van der Waals surface area contributed by atoms with Crippen LogP contribution in [0.3, 0.4) is 0 Å².